The minimum atomic E-state index is -0.493. The van der Waals surface area contributed by atoms with Crippen LogP contribution in [0.15, 0.2) is 70.1 Å². The van der Waals surface area contributed by atoms with E-state index in [1.165, 1.54) is 6.20 Å². The topological polar surface area (TPSA) is 101 Å². The molecule has 150 valence electrons. The van der Waals surface area contributed by atoms with Crippen LogP contribution >= 0.6 is 15.9 Å². The SMILES string of the molecule is N/C=C(/C(=O)N1CCc2[nH]cnc2C1c1oc2ccccc2c1Br)c1ccccn1. The second-order valence-corrected chi connectivity index (χ2v) is 7.78. The molecule has 1 amide bonds. The minimum Gasteiger partial charge on any atom is -0.457 e. The van der Waals surface area contributed by atoms with Gasteiger partial charge < -0.3 is 20.0 Å². The summed E-state index contributed by atoms with van der Waals surface area (Å²) in [5.74, 6) is 0.414. The first kappa shape index (κ1) is 18.6. The Kier molecular flexibility index (Phi) is 4.63. The predicted molar refractivity (Wildman–Crippen MR) is 116 cm³/mol. The van der Waals surface area contributed by atoms with E-state index in [9.17, 15) is 4.79 Å². The predicted octanol–water partition coefficient (Wildman–Crippen LogP) is 3.79. The number of aromatic amines is 1. The fourth-order valence-electron chi connectivity index (χ4n) is 3.91. The number of benzene rings is 1. The number of hydrogen-bond donors (Lipinski definition) is 2. The molecule has 1 atom stereocenters. The summed E-state index contributed by atoms with van der Waals surface area (Å²) >= 11 is 3.68. The Bertz CT molecular complexity index is 1260. The second kappa shape index (κ2) is 7.46. The number of carbonyl (C=O) groups is 1. The van der Waals surface area contributed by atoms with Gasteiger partial charge in [-0.15, -0.1) is 0 Å². The maximum Gasteiger partial charge on any atom is 0.258 e. The fraction of sp³-hybridized carbons (Fsp3) is 0.136. The quantitative estimate of drug-likeness (QED) is 0.450. The molecule has 1 aromatic carbocycles. The van der Waals surface area contributed by atoms with Gasteiger partial charge in [-0.2, -0.15) is 0 Å². The van der Waals surface area contributed by atoms with E-state index in [0.29, 0.717) is 30.0 Å². The summed E-state index contributed by atoms with van der Waals surface area (Å²) in [6.45, 7) is 0.492. The van der Waals surface area contributed by atoms with Gasteiger partial charge in [-0.1, -0.05) is 18.2 Å². The van der Waals surface area contributed by atoms with Crippen molar-refractivity contribution < 1.29 is 9.21 Å². The Hall–Kier alpha value is -3.39. The van der Waals surface area contributed by atoms with Gasteiger partial charge in [-0.3, -0.25) is 9.78 Å². The van der Waals surface area contributed by atoms with Crippen molar-refractivity contribution in [2.75, 3.05) is 6.54 Å². The number of nitrogens with two attached hydrogens (primary N) is 1. The Labute approximate surface area is 180 Å². The summed E-state index contributed by atoms with van der Waals surface area (Å²) in [7, 11) is 0. The molecule has 0 spiro atoms. The van der Waals surface area contributed by atoms with Crippen molar-refractivity contribution in [1.29, 1.82) is 0 Å². The van der Waals surface area contributed by atoms with Crippen molar-refractivity contribution in [3.05, 3.63) is 88.5 Å². The summed E-state index contributed by atoms with van der Waals surface area (Å²) in [4.78, 5) is 27.4. The van der Waals surface area contributed by atoms with Gasteiger partial charge in [0.1, 0.15) is 17.4 Å². The van der Waals surface area contributed by atoms with Crippen LogP contribution in [-0.2, 0) is 11.2 Å². The molecule has 1 unspecified atom stereocenters. The third-order valence-electron chi connectivity index (χ3n) is 5.33. The molecule has 1 aliphatic heterocycles. The molecule has 0 fully saturated rings. The highest BCUT2D eigenvalue weighted by Crippen LogP contribution is 2.42. The first-order valence-electron chi connectivity index (χ1n) is 9.52. The van der Waals surface area contributed by atoms with E-state index in [0.717, 1.165) is 26.8 Å². The molecule has 0 aliphatic carbocycles. The zero-order chi connectivity index (χ0) is 20.7. The lowest BCUT2D eigenvalue weighted by Gasteiger charge is -2.34. The number of aromatic nitrogens is 3. The van der Waals surface area contributed by atoms with Gasteiger partial charge in [-0.25, -0.2) is 4.98 Å². The number of H-pyrrole nitrogens is 1. The Balaban J connectivity index is 1.64. The van der Waals surface area contributed by atoms with Gasteiger partial charge in [0.25, 0.3) is 5.91 Å². The molecule has 30 heavy (non-hydrogen) atoms. The molecule has 1 aliphatic rings. The van der Waals surface area contributed by atoms with Gasteiger partial charge in [-0.05, 0) is 40.2 Å². The molecule has 3 N–H and O–H groups in total. The highest BCUT2D eigenvalue weighted by atomic mass is 79.9. The van der Waals surface area contributed by atoms with E-state index in [2.05, 4.69) is 30.9 Å². The van der Waals surface area contributed by atoms with E-state index in [1.54, 1.807) is 29.6 Å². The molecular formula is C22H18BrN5O2. The van der Waals surface area contributed by atoms with Crippen LogP contribution in [0.1, 0.15) is 28.9 Å². The molecule has 0 bridgehead atoms. The van der Waals surface area contributed by atoms with Crippen molar-refractivity contribution in [2.45, 2.75) is 12.5 Å². The third kappa shape index (κ3) is 2.91. The number of rotatable bonds is 3. The number of furan rings is 1. The number of carbonyl (C=O) groups excluding carboxylic acids is 1. The number of hydrogen-bond acceptors (Lipinski definition) is 5. The summed E-state index contributed by atoms with van der Waals surface area (Å²) < 4.78 is 7.02. The number of para-hydroxylation sites is 1. The average Bonchev–Trinajstić information content (AvgIpc) is 3.39. The summed E-state index contributed by atoms with van der Waals surface area (Å²) in [6, 6.07) is 12.7. The van der Waals surface area contributed by atoms with Crippen molar-refractivity contribution in [2.24, 2.45) is 5.73 Å². The van der Waals surface area contributed by atoms with Crippen LogP contribution in [0.4, 0.5) is 0 Å². The van der Waals surface area contributed by atoms with E-state index in [-0.39, 0.29) is 5.91 Å². The fourth-order valence-corrected chi connectivity index (χ4v) is 4.54. The number of halogens is 1. The van der Waals surface area contributed by atoms with Crippen LogP contribution in [0.25, 0.3) is 16.5 Å². The minimum absolute atomic E-state index is 0.220. The van der Waals surface area contributed by atoms with E-state index in [4.69, 9.17) is 10.2 Å². The molecule has 0 saturated heterocycles. The number of fused-ring (bicyclic) bond motifs is 2. The molecule has 7 nitrogen and oxygen atoms in total. The number of nitrogens with zero attached hydrogens (tertiary/aromatic N) is 3. The molecule has 8 heteroatoms. The lowest BCUT2D eigenvalue weighted by Crippen LogP contribution is -2.41. The lowest BCUT2D eigenvalue weighted by atomic mass is 9.98. The molecule has 0 radical (unpaired) electrons. The van der Waals surface area contributed by atoms with Crippen LogP contribution in [0.2, 0.25) is 0 Å². The van der Waals surface area contributed by atoms with E-state index >= 15 is 0 Å². The monoisotopic (exact) mass is 463 g/mol. The zero-order valence-corrected chi connectivity index (χ0v) is 17.5. The van der Waals surface area contributed by atoms with Gasteiger partial charge in [0, 0.05) is 36.4 Å². The summed E-state index contributed by atoms with van der Waals surface area (Å²) in [6.07, 6.45) is 5.27. The van der Waals surface area contributed by atoms with Crippen LogP contribution < -0.4 is 5.73 Å². The first-order valence-corrected chi connectivity index (χ1v) is 10.3. The van der Waals surface area contributed by atoms with Gasteiger partial charge in [0.05, 0.1) is 27.8 Å². The van der Waals surface area contributed by atoms with E-state index in [1.807, 2.05) is 30.3 Å². The van der Waals surface area contributed by atoms with E-state index < -0.39 is 6.04 Å². The normalized spacial score (nSPS) is 16.6. The van der Waals surface area contributed by atoms with Gasteiger partial charge in [0.2, 0.25) is 0 Å². The van der Waals surface area contributed by atoms with Crippen LogP contribution in [0, 0.1) is 0 Å². The van der Waals surface area contributed by atoms with Crippen LogP contribution in [-0.4, -0.2) is 32.3 Å². The van der Waals surface area contributed by atoms with Crippen molar-refractivity contribution in [3.8, 4) is 0 Å². The molecule has 0 saturated carbocycles. The highest BCUT2D eigenvalue weighted by molar-refractivity contribution is 9.10. The van der Waals surface area contributed by atoms with Crippen molar-refractivity contribution in [3.63, 3.8) is 0 Å². The lowest BCUT2D eigenvalue weighted by molar-refractivity contribution is -0.127. The van der Waals surface area contributed by atoms with Gasteiger partial charge >= 0.3 is 0 Å². The average molecular weight is 464 g/mol. The van der Waals surface area contributed by atoms with Crippen LogP contribution in [0.3, 0.4) is 0 Å². The Morgan fingerprint density at radius 2 is 2.07 bits per heavy atom. The molecular weight excluding hydrogens is 446 g/mol. The maximum absolute atomic E-state index is 13.6. The van der Waals surface area contributed by atoms with Gasteiger partial charge in [0.15, 0.2) is 0 Å². The Morgan fingerprint density at radius 1 is 1.23 bits per heavy atom. The number of nitrogens with one attached hydrogen (secondary N) is 1. The van der Waals surface area contributed by atoms with Crippen LogP contribution in [0.5, 0.6) is 0 Å². The zero-order valence-electron chi connectivity index (χ0n) is 15.9. The summed E-state index contributed by atoms with van der Waals surface area (Å²) in [5.41, 5.74) is 9.23. The summed E-state index contributed by atoms with van der Waals surface area (Å²) in [5, 5.41) is 0.946. The standard InChI is InChI=1S/C22H18BrN5O2/c23-18-13-5-1-2-7-17(13)30-21(18)20-19-16(26-12-27-19)8-10-28(20)22(29)14(11-24)15-6-3-4-9-25-15/h1-7,9,11-12,20H,8,10,24H2,(H,26,27)/b14-11+. The molecule has 4 aromatic rings. The van der Waals surface area contributed by atoms with Crippen molar-refractivity contribution in [1.82, 2.24) is 19.9 Å². The smallest absolute Gasteiger partial charge is 0.258 e. The Morgan fingerprint density at radius 3 is 2.83 bits per heavy atom. The molecule has 4 heterocycles. The largest absolute Gasteiger partial charge is 0.457 e. The number of pyridine rings is 1. The molecule has 5 rings (SSSR count). The first-order chi connectivity index (χ1) is 14.7. The van der Waals surface area contributed by atoms with Crippen molar-refractivity contribution >= 4 is 38.4 Å². The maximum atomic E-state index is 13.6. The second-order valence-electron chi connectivity index (χ2n) is 6.99. The number of imidazole rings is 1. The third-order valence-corrected chi connectivity index (χ3v) is 6.15. The molecule has 3 aromatic heterocycles. The number of amides is 1. The highest BCUT2D eigenvalue weighted by Gasteiger charge is 2.39.